The number of methoxy groups -OCH3 is 1. The van der Waals surface area contributed by atoms with Crippen molar-refractivity contribution in [3.8, 4) is 0 Å². The molecule has 1 aromatic rings. The predicted octanol–water partition coefficient (Wildman–Crippen LogP) is 1.15. The van der Waals surface area contributed by atoms with E-state index in [0.717, 1.165) is 5.69 Å². The third-order valence-electron chi connectivity index (χ3n) is 2.09. The van der Waals surface area contributed by atoms with E-state index in [1.807, 2.05) is 0 Å². The van der Waals surface area contributed by atoms with Crippen molar-refractivity contribution in [1.82, 2.24) is 0 Å². The highest BCUT2D eigenvalue weighted by molar-refractivity contribution is 5.88. The molecule has 1 rings (SSSR count). The van der Waals surface area contributed by atoms with Crippen LogP contribution in [0.1, 0.15) is 6.92 Å². The molecule has 17 heavy (non-hydrogen) atoms. The van der Waals surface area contributed by atoms with Crippen LogP contribution in [-0.2, 0) is 9.53 Å². The molecule has 6 heteroatoms. The highest BCUT2D eigenvalue weighted by Gasteiger charge is 2.11. The lowest BCUT2D eigenvalue weighted by atomic mass is 10.2. The number of carbonyl (C=O) groups is 2. The number of rotatable bonds is 4. The normalized spacial score (nSPS) is 11.4. The number of anilines is 2. The minimum Gasteiger partial charge on any atom is -0.467 e. The number of carbonyl (C=O) groups excluding carboxylic acids is 2. The Morgan fingerprint density at radius 3 is 2.24 bits per heavy atom. The fourth-order valence-electron chi connectivity index (χ4n) is 1.28. The summed E-state index contributed by atoms with van der Waals surface area (Å²) in [4.78, 5) is 21.8. The molecular weight excluding hydrogens is 222 g/mol. The first-order valence-electron chi connectivity index (χ1n) is 5.04. The van der Waals surface area contributed by atoms with Crippen molar-refractivity contribution < 1.29 is 14.3 Å². The summed E-state index contributed by atoms with van der Waals surface area (Å²) in [7, 11) is 1.33. The average molecular weight is 237 g/mol. The molecule has 0 aliphatic rings. The van der Waals surface area contributed by atoms with Gasteiger partial charge in [-0.2, -0.15) is 0 Å². The van der Waals surface area contributed by atoms with Crippen LogP contribution in [0.4, 0.5) is 16.2 Å². The van der Waals surface area contributed by atoms with Gasteiger partial charge in [0.25, 0.3) is 0 Å². The molecule has 0 aliphatic heterocycles. The second-order valence-corrected chi connectivity index (χ2v) is 3.46. The van der Waals surface area contributed by atoms with E-state index in [4.69, 9.17) is 5.73 Å². The van der Waals surface area contributed by atoms with E-state index >= 15 is 0 Å². The zero-order valence-electron chi connectivity index (χ0n) is 9.69. The number of urea groups is 1. The van der Waals surface area contributed by atoms with Gasteiger partial charge in [-0.05, 0) is 31.2 Å². The minimum atomic E-state index is -0.617. The maximum absolute atomic E-state index is 11.2. The zero-order chi connectivity index (χ0) is 12.8. The fraction of sp³-hybridized carbons (Fsp3) is 0.273. The molecular formula is C11H15N3O3. The Bertz CT molecular complexity index is 403. The van der Waals surface area contributed by atoms with Crippen LogP contribution in [0, 0.1) is 0 Å². The highest BCUT2D eigenvalue weighted by atomic mass is 16.5. The van der Waals surface area contributed by atoms with Crippen molar-refractivity contribution in [3.63, 3.8) is 0 Å². The zero-order valence-corrected chi connectivity index (χ0v) is 9.69. The van der Waals surface area contributed by atoms with Crippen LogP contribution >= 0.6 is 0 Å². The Morgan fingerprint density at radius 2 is 1.76 bits per heavy atom. The summed E-state index contributed by atoms with van der Waals surface area (Å²) in [6.07, 6.45) is 0. The van der Waals surface area contributed by atoms with Crippen molar-refractivity contribution in [2.45, 2.75) is 13.0 Å². The van der Waals surface area contributed by atoms with E-state index in [1.165, 1.54) is 7.11 Å². The van der Waals surface area contributed by atoms with Crippen molar-refractivity contribution in [3.05, 3.63) is 24.3 Å². The van der Waals surface area contributed by atoms with Crippen molar-refractivity contribution in [2.75, 3.05) is 17.7 Å². The number of esters is 1. The molecule has 0 aromatic heterocycles. The van der Waals surface area contributed by atoms with E-state index in [9.17, 15) is 9.59 Å². The topological polar surface area (TPSA) is 93.4 Å². The lowest BCUT2D eigenvalue weighted by Crippen LogP contribution is -2.27. The lowest BCUT2D eigenvalue weighted by molar-refractivity contribution is -0.141. The van der Waals surface area contributed by atoms with Gasteiger partial charge in [-0.15, -0.1) is 0 Å². The molecule has 6 nitrogen and oxygen atoms in total. The SMILES string of the molecule is COC(=O)C(C)Nc1ccc(NC(N)=O)cc1. The number of hydrogen-bond donors (Lipinski definition) is 3. The molecule has 0 heterocycles. The second kappa shape index (κ2) is 5.74. The molecule has 0 saturated heterocycles. The van der Waals surface area contributed by atoms with E-state index in [1.54, 1.807) is 31.2 Å². The summed E-state index contributed by atoms with van der Waals surface area (Å²) in [5, 5.41) is 5.39. The maximum Gasteiger partial charge on any atom is 0.327 e. The van der Waals surface area contributed by atoms with Gasteiger partial charge in [-0.25, -0.2) is 9.59 Å². The number of primary amides is 1. The Morgan fingerprint density at radius 1 is 1.24 bits per heavy atom. The average Bonchev–Trinajstić information content (AvgIpc) is 2.30. The maximum atomic E-state index is 11.2. The van der Waals surface area contributed by atoms with Crippen LogP contribution in [0.2, 0.25) is 0 Å². The molecule has 0 radical (unpaired) electrons. The number of benzene rings is 1. The monoisotopic (exact) mass is 237 g/mol. The number of nitrogens with two attached hydrogens (primary N) is 1. The Labute approximate surface area is 99.1 Å². The molecule has 0 saturated carbocycles. The fourth-order valence-corrected chi connectivity index (χ4v) is 1.28. The van der Waals surface area contributed by atoms with E-state index in [-0.39, 0.29) is 5.97 Å². The first-order chi connectivity index (χ1) is 8.02. The highest BCUT2D eigenvalue weighted by Crippen LogP contribution is 2.14. The lowest BCUT2D eigenvalue weighted by Gasteiger charge is -2.13. The summed E-state index contributed by atoms with van der Waals surface area (Å²) in [6, 6.07) is 5.76. The van der Waals surface area contributed by atoms with Gasteiger partial charge in [0.15, 0.2) is 0 Å². The molecule has 0 bridgehead atoms. The molecule has 1 unspecified atom stereocenters. The van der Waals surface area contributed by atoms with E-state index in [2.05, 4.69) is 15.4 Å². The molecule has 0 aliphatic carbocycles. The summed E-state index contributed by atoms with van der Waals surface area (Å²) in [5.74, 6) is -0.343. The van der Waals surface area contributed by atoms with Crippen LogP contribution < -0.4 is 16.4 Å². The van der Waals surface area contributed by atoms with Crippen molar-refractivity contribution in [2.24, 2.45) is 5.73 Å². The minimum absolute atomic E-state index is 0.343. The van der Waals surface area contributed by atoms with Gasteiger partial charge in [-0.3, -0.25) is 0 Å². The van der Waals surface area contributed by atoms with Crippen LogP contribution in [-0.4, -0.2) is 25.2 Å². The number of amides is 2. The van der Waals surface area contributed by atoms with Gasteiger partial charge in [0, 0.05) is 11.4 Å². The van der Waals surface area contributed by atoms with Crippen LogP contribution in [0.5, 0.6) is 0 Å². The summed E-state index contributed by atoms with van der Waals surface area (Å²) in [5.41, 5.74) is 6.31. The standard InChI is InChI=1S/C11H15N3O3/c1-7(10(15)17-2)13-8-3-5-9(6-4-8)14-11(12)16/h3-7,13H,1-2H3,(H3,12,14,16). The summed E-state index contributed by atoms with van der Waals surface area (Å²) in [6.45, 7) is 1.70. The third kappa shape index (κ3) is 4.02. The molecule has 1 atom stereocenters. The number of nitrogens with one attached hydrogen (secondary N) is 2. The van der Waals surface area contributed by atoms with Gasteiger partial charge in [0.2, 0.25) is 0 Å². The third-order valence-corrected chi connectivity index (χ3v) is 2.09. The van der Waals surface area contributed by atoms with Gasteiger partial charge in [-0.1, -0.05) is 0 Å². The van der Waals surface area contributed by atoms with Crippen LogP contribution in [0.25, 0.3) is 0 Å². The van der Waals surface area contributed by atoms with Gasteiger partial charge < -0.3 is 21.1 Å². The molecule has 2 amide bonds. The predicted molar refractivity (Wildman–Crippen MR) is 64.7 cm³/mol. The van der Waals surface area contributed by atoms with Gasteiger partial charge >= 0.3 is 12.0 Å². The Balaban J connectivity index is 2.62. The summed E-state index contributed by atoms with van der Waals surface area (Å²) < 4.78 is 4.59. The molecule has 0 fully saturated rings. The van der Waals surface area contributed by atoms with Crippen molar-refractivity contribution >= 4 is 23.4 Å². The largest absolute Gasteiger partial charge is 0.467 e. The Hall–Kier alpha value is -2.24. The number of ether oxygens (including phenoxy) is 1. The summed E-state index contributed by atoms with van der Waals surface area (Å²) >= 11 is 0. The van der Waals surface area contributed by atoms with E-state index < -0.39 is 12.1 Å². The molecule has 4 N–H and O–H groups in total. The first-order valence-corrected chi connectivity index (χ1v) is 5.04. The molecule has 92 valence electrons. The smallest absolute Gasteiger partial charge is 0.327 e. The van der Waals surface area contributed by atoms with Crippen LogP contribution in [0.3, 0.4) is 0 Å². The van der Waals surface area contributed by atoms with Crippen molar-refractivity contribution in [1.29, 1.82) is 0 Å². The Kier molecular flexibility index (Phi) is 4.33. The first kappa shape index (κ1) is 12.8. The number of hydrogen-bond acceptors (Lipinski definition) is 4. The van der Waals surface area contributed by atoms with Crippen LogP contribution in [0.15, 0.2) is 24.3 Å². The van der Waals surface area contributed by atoms with E-state index in [0.29, 0.717) is 5.69 Å². The quantitative estimate of drug-likeness (QED) is 0.685. The van der Waals surface area contributed by atoms with Gasteiger partial charge in [0.05, 0.1) is 7.11 Å². The van der Waals surface area contributed by atoms with Gasteiger partial charge in [0.1, 0.15) is 6.04 Å². The molecule has 1 aromatic carbocycles. The molecule has 0 spiro atoms. The second-order valence-electron chi connectivity index (χ2n) is 3.46.